The summed E-state index contributed by atoms with van der Waals surface area (Å²) in [5.74, 6) is 0.0589. The lowest BCUT2D eigenvalue weighted by Gasteiger charge is -2.06. The summed E-state index contributed by atoms with van der Waals surface area (Å²) in [5, 5.41) is 2.06. The highest BCUT2D eigenvalue weighted by Crippen LogP contribution is 2.28. The molecule has 0 spiro atoms. The van der Waals surface area contributed by atoms with Gasteiger partial charge in [0, 0.05) is 22.2 Å². The van der Waals surface area contributed by atoms with Gasteiger partial charge in [0.15, 0.2) is 5.78 Å². The van der Waals surface area contributed by atoms with Crippen LogP contribution in [0.1, 0.15) is 15.9 Å². The summed E-state index contributed by atoms with van der Waals surface area (Å²) in [7, 11) is 0. The fourth-order valence-electron chi connectivity index (χ4n) is 2.34. The first-order valence-corrected chi connectivity index (χ1v) is 7.34. The molecule has 0 saturated heterocycles. The van der Waals surface area contributed by atoms with Crippen molar-refractivity contribution in [3.05, 3.63) is 69.8 Å². The van der Waals surface area contributed by atoms with Gasteiger partial charge in [-0.25, -0.2) is 0 Å². The summed E-state index contributed by atoms with van der Waals surface area (Å²) >= 11 is 12.2. The third kappa shape index (κ3) is 2.82. The number of hydrogen-bond donors (Lipinski definition) is 0. The van der Waals surface area contributed by atoms with Gasteiger partial charge in [-0.2, -0.15) is 0 Å². The van der Waals surface area contributed by atoms with Crippen molar-refractivity contribution in [2.24, 2.45) is 0 Å². The third-order valence-electron chi connectivity index (χ3n) is 3.49. The predicted octanol–water partition coefficient (Wildman–Crippen LogP) is 5.14. The van der Waals surface area contributed by atoms with E-state index in [4.69, 9.17) is 23.2 Å². The topological polar surface area (TPSA) is 22.0 Å². The van der Waals surface area contributed by atoms with Gasteiger partial charge in [-0.1, -0.05) is 53.0 Å². The summed E-state index contributed by atoms with van der Waals surface area (Å²) in [5.41, 5.74) is 2.71. The minimum absolute atomic E-state index is 0.0589. The zero-order valence-corrected chi connectivity index (χ0v) is 12.9. The van der Waals surface area contributed by atoms with Crippen LogP contribution in [0.5, 0.6) is 0 Å². The molecule has 21 heavy (non-hydrogen) atoms. The SMILES string of the molecule is Cc1ccc(C(=O)Cn2ccc3c(Cl)cc(Cl)cc32)cc1. The fourth-order valence-corrected chi connectivity index (χ4v) is 2.89. The van der Waals surface area contributed by atoms with E-state index >= 15 is 0 Å². The Bertz CT molecular complexity index is 819. The molecule has 0 fully saturated rings. The second kappa shape index (κ2) is 5.55. The molecule has 0 aliphatic carbocycles. The highest BCUT2D eigenvalue weighted by atomic mass is 35.5. The largest absolute Gasteiger partial charge is 0.340 e. The number of ketones is 1. The van der Waals surface area contributed by atoms with Gasteiger partial charge in [0.05, 0.1) is 17.1 Å². The van der Waals surface area contributed by atoms with E-state index in [0.29, 0.717) is 15.6 Å². The number of carbonyl (C=O) groups excluding carboxylic acids is 1. The summed E-state index contributed by atoms with van der Waals surface area (Å²) < 4.78 is 1.87. The second-order valence-electron chi connectivity index (χ2n) is 5.05. The highest BCUT2D eigenvalue weighted by Gasteiger charge is 2.11. The molecule has 0 bridgehead atoms. The van der Waals surface area contributed by atoms with Crippen LogP contribution < -0.4 is 0 Å². The molecule has 1 heterocycles. The number of halogens is 2. The number of carbonyl (C=O) groups is 1. The van der Waals surface area contributed by atoms with E-state index in [1.807, 2.05) is 54.1 Å². The molecule has 4 heteroatoms. The van der Waals surface area contributed by atoms with Gasteiger partial charge in [0.2, 0.25) is 0 Å². The van der Waals surface area contributed by atoms with Crippen LogP contribution in [0.25, 0.3) is 10.9 Å². The van der Waals surface area contributed by atoms with Crippen molar-refractivity contribution >= 4 is 39.9 Å². The maximum atomic E-state index is 12.4. The Kier molecular flexibility index (Phi) is 3.75. The van der Waals surface area contributed by atoms with Gasteiger partial charge in [0.1, 0.15) is 0 Å². The van der Waals surface area contributed by atoms with Crippen molar-refractivity contribution < 1.29 is 4.79 Å². The molecule has 2 aromatic carbocycles. The van der Waals surface area contributed by atoms with Crippen molar-refractivity contribution in [1.29, 1.82) is 0 Å². The van der Waals surface area contributed by atoms with Crippen molar-refractivity contribution in [3.8, 4) is 0 Å². The van der Waals surface area contributed by atoms with Crippen LogP contribution >= 0.6 is 23.2 Å². The Morgan fingerprint density at radius 1 is 1.10 bits per heavy atom. The third-order valence-corrected chi connectivity index (χ3v) is 4.02. The van der Waals surface area contributed by atoms with Gasteiger partial charge in [-0.05, 0) is 25.1 Å². The lowest BCUT2D eigenvalue weighted by atomic mass is 10.1. The maximum absolute atomic E-state index is 12.4. The van der Waals surface area contributed by atoms with E-state index in [0.717, 1.165) is 16.5 Å². The van der Waals surface area contributed by atoms with Crippen molar-refractivity contribution in [2.45, 2.75) is 13.5 Å². The molecule has 0 aliphatic rings. The van der Waals surface area contributed by atoms with Crippen molar-refractivity contribution in [1.82, 2.24) is 4.57 Å². The molecular weight excluding hydrogens is 305 g/mol. The minimum Gasteiger partial charge on any atom is -0.340 e. The Morgan fingerprint density at radius 2 is 1.81 bits per heavy atom. The number of aromatic nitrogens is 1. The number of benzene rings is 2. The highest BCUT2D eigenvalue weighted by molar-refractivity contribution is 6.38. The lowest BCUT2D eigenvalue weighted by Crippen LogP contribution is -2.09. The van der Waals surface area contributed by atoms with E-state index < -0.39 is 0 Å². The lowest BCUT2D eigenvalue weighted by molar-refractivity contribution is 0.0973. The van der Waals surface area contributed by atoms with Gasteiger partial charge < -0.3 is 4.57 Å². The molecule has 3 aromatic rings. The monoisotopic (exact) mass is 317 g/mol. The number of rotatable bonds is 3. The van der Waals surface area contributed by atoms with Crippen molar-refractivity contribution in [3.63, 3.8) is 0 Å². The molecule has 1 aromatic heterocycles. The maximum Gasteiger partial charge on any atom is 0.182 e. The van der Waals surface area contributed by atoms with Gasteiger partial charge in [-0.15, -0.1) is 0 Å². The van der Waals surface area contributed by atoms with Crippen LogP contribution in [0.2, 0.25) is 10.0 Å². The molecule has 0 unspecified atom stereocenters. The van der Waals surface area contributed by atoms with E-state index in [2.05, 4.69) is 0 Å². The number of aryl methyl sites for hydroxylation is 1. The Labute approximate surface area is 132 Å². The van der Waals surface area contributed by atoms with E-state index in [1.165, 1.54) is 0 Å². The molecule has 0 amide bonds. The summed E-state index contributed by atoms with van der Waals surface area (Å²) in [4.78, 5) is 12.4. The van der Waals surface area contributed by atoms with E-state index in [9.17, 15) is 4.79 Å². The zero-order valence-electron chi connectivity index (χ0n) is 11.4. The summed E-state index contributed by atoms with van der Waals surface area (Å²) in [6.07, 6.45) is 1.86. The average molecular weight is 318 g/mol. The number of hydrogen-bond acceptors (Lipinski definition) is 1. The molecule has 3 rings (SSSR count). The molecule has 0 atom stereocenters. The molecule has 0 aliphatic heterocycles. The minimum atomic E-state index is 0.0589. The van der Waals surface area contributed by atoms with Crippen LogP contribution in [0.3, 0.4) is 0 Å². The quantitative estimate of drug-likeness (QED) is 0.613. The first-order chi connectivity index (χ1) is 10.0. The Balaban J connectivity index is 1.95. The number of Topliss-reactive ketones (excluding diaryl/α,β-unsaturated/α-hetero) is 1. The van der Waals surface area contributed by atoms with Crippen LogP contribution in [-0.2, 0) is 6.54 Å². The van der Waals surface area contributed by atoms with Gasteiger partial charge >= 0.3 is 0 Å². The Hall–Kier alpha value is -1.77. The summed E-state index contributed by atoms with van der Waals surface area (Å²) in [6, 6.07) is 13.0. The first kappa shape index (κ1) is 14.2. The molecular formula is C17H13Cl2NO. The normalized spacial score (nSPS) is 11.0. The number of nitrogens with zero attached hydrogens (tertiary/aromatic N) is 1. The Morgan fingerprint density at radius 3 is 2.52 bits per heavy atom. The van der Waals surface area contributed by atoms with Crippen LogP contribution in [-0.4, -0.2) is 10.4 Å². The van der Waals surface area contributed by atoms with Crippen LogP contribution in [0.4, 0.5) is 0 Å². The van der Waals surface area contributed by atoms with Crippen LogP contribution in [0.15, 0.2) is 48.7 Å². The summed E-state index contributed by atoms with van der Waals surface area (Å²) in [6.45, 7) is 2.26. The fraction of sp³-hybridized carbons (Fsp3) is 0.118. The zero-order chi connectivity index (χ0) is 15.0. The molecule has 0 radical (unpaired) electrons. The molecule has 2 nitrogen and oxygen atoms in total. The van der Waals surface area contributed by atoms with E-state index in [1.54, 1.807) is 6.07 Å². The van der Waals surface area contributed by atoms with Gasteiger partial charge in [0.25, 0.3) is 0 Å². The van der Waals surface area contributed by atoms with Gasteiger partial charge in [-0.3, -0.25) is 4.79 Å². The first-order valence-electron chi connectivity index (χ1n) is 6.58. The predicted molar refractivity (Wildman–Crippen MR) is 87.5 cm³/mol. The van der Waals surface area contributed by atoms with E-state index in [-0.39, 0.29) is 12.3 Å². The average Bonchev–Trinajstić information content (AvgIpc) is 2.83. The standard InChI is InChI=1S/C17H13Cl2NO/c1-11-2-4-12(5-3-11)17(21)10-20-7-6-14-15(19)8-13(18)9-16(14)20/h2-9H,10H2,1H3. The molecule has 0 N–H and O–H groups in total. The van der Waals surface area contributed by atoms with Crippen molar-refractivity contribution in [2.75, 3.05) is 0 Å². The second-order valence-corrected chi connectivity index (χ2v) is 5.90. The van der Waals surface area contributed by atoms with Crippen LogP contribution in [0, 0.1) is 6.92 Å². The smallest absolute Gasteiger partial charge is 0.182 e. The molecule has 0 saturated carbocycles. The molecule has 106 valence electrons. The number of fused-ring (bicyclic) bond motifs is 1.